The molecule has 0 bridgehead atoms. The van der Waals surface area contributed by atoms with Crippen molar-refractivity contribution >= 4 is 56.7 Å². The van der Waals surface area contributed by atoms with Crippen LogP contribution in [0.5, 0.6) is 0 Å². The molecule has 0 saturated carbocycles. The van der Waals surface area contributed by atoms with Gasteiger partial charge in [-0.1, -0.05) is 45.2 Å². The van der Waals surface area contributed by atoms with Gasteiger partial charge in [0, 0.05) is 27.1 Å². The van der Waals surface area contributed by atoms with E-state index in [0.717, 1.165) is 0 Å². The minimum atomic E-state index is -0.431. The number of carbonyl (C=O) groups excluding carboxylic acids is 1. The maximum absolute atomic E-state index is 12.4. The Labute approximate surface area is 152 Å². The van der Waals surface area contributed by atoms with Crippen LogP contribution in [0.4, 0.5) is 5.69 Å². The highest BCUT2D eigenvalue weighted by Crippen LogP contribution is 2.25. The third-order valence-electron chi connectivity index (χ3n) is 3.12. The van der Waals surface area contributed by atoms with Gasteiger partial charge >= 0.3 is 0 Å². The molecule has 2 aromatic carbocycles. The first-order chi connectivity index (χ1) is 10.9. The summed E-state index contributed by atoms with van der Waals surface area (Å²) in [6.45, 7) is 0. The fourth-order valence-corrected chi connectivity index (χ4v) is 2.82. The Morgan fingerprint density at radius 2 is 1.83 bits per heavy atom. The van der Waals surface area contributed by atoms with Crippen LogP contribution < -0.4 is 10.7 Å². The van der Waals surface area contributed by atoms with Crippen molar-refractivity contribution in [3.8, 4) is 0 Å². The van der Waals surface area contributed by atoms with Crippen LogP contribution in [0.15, 0.2) is 51.7 Å². The molecule has 0 heterocycles. The van der Waals surface area contributed by atoms with Crippen molar-refractivity contribution in [1.82, 2.24) is 0 Å². The Morgan fingerprint density at radius 3 is 2.43 bits per heavy atom. The van der Waals surface area contributed by atoms with Gasteiger partial charge in [0.15, 0.2) is 5.78 Å². The normalized spacial score (nSPS) is 10.8. The smallest absolute Gasteiger partial charge is 0.212 e. The standard InChI is InChI=1S/C17H12BrCl2NO2/c1-21-15-7-5-10(18)9-12(17(15)23)16(22)8-6-11-13(19)3-2-4-14(11)20/h2-9H,1H3,(H,21,23)/b8-6+. The first kappa shape index (κ1) is 17.7. The molecule has 0 saturated heterocycles. The van der Waals surface area contributed by atoms with Gasteiger partial charge in [-0.3, -0.25) is 9.59 Å². The summed E-state index contributed by atoms with van der Waals surface area (Å²) < 4.78 is 0.628. The van der Waals surface area contributed by atoms with Gasteiger partial charge in [-0.2, -0.15) is 0 Å². The first-order valence-electron chi connectivity index (χ1n) is 6.62. The van der Waals surface area contributed by atoms with E-state index in [9.17, 15) is 9.59 Å². The number of allylic oxidation sites excluding steroid dienone is 1. The number of halogens is 3. The second kappa shape index (κ2) is 7.77. The second-order valence-corrected chi connectivity index (χ2v) is 6.33. The fraction of sp³-hybridized carbons (Fsp3) is 0.0588. The van der Waals surface area contributed by atoms with Gasteiger partial charge in [0.05, 0.1) is 11.3 Å². The van der Waals surface area contributed by atoms with E-state index in [2.05, 4.69) is 21.2 Å². The Bertz CT molecular complexity index is 830. The lowest BCUT2D eigenvalue weighted by atomic mass is 10.1. The second-order valence-electron chi connectivity index (χ2n) is 4.60. The molecule has 0 aliphatic carbocycles. The average Bonchev–Trinajstić information content (AvgIpc) is 2.65. The molecule has 2 aromatic rings. The van der Waals surface area contributed by atoms with E-state index >= 15 is 0 Å². The summed E-state index contributed by atoms with van der Waals surface area (Å²) in [4.78, 5) is 24.7. The van der Waals surface area contributed by atoms with Crippen molar-refractivity contribution in [3.05, 3.63) is 78.3 Å². The SMILES string of the molecule is CNc1ccc(Br)cc(C(=O)/C=C/c2c(Cl)cccc2Cl)c1=O. The van der Waals surface area contributed by atoms with E-state index in [-0.39, 0.29) is 11.0 Å². The van der Waals surface area contributed by atoms with Crippen LogP contribution in [0.1, 0.15) is 15.9 Å². The summed E-state index contributed by atoms with van der Waals surface area (Å²) in [5, 5.41) is 3.64. The van der Waals surface area contributed by atoms with Gasteiger partial charge in [-0.15, -0.1) is 0 Å². The molecule has 118 valence electrons. The molecule has 0 radical (unpaired) electrons. The molecule has 0 atom stereocenters. The zero-order valence-corrected chi connectivity index (χ0v) is 15.2. The fourth-order valence-electron chi connectivity index (χ4n) is 1.93. The van der Waals surface area contributed by atoms with Crippen LogP contribution in [0.25, 0.3) is 6.08 Å². The number of anilines is 1. The van der Waals surface area contributed by atoms with E-state index in [1.54, 1.807) is 37.4 Å². The zero-order chi connectivity index (χ0) is 17.0. The largest absolute Gasteiger partial charge is 0.385 e. The lowest BCUT2D eigenvalue weighted by Crippen LogP contribution is -2.14. The molecular weight excluding hydrogens is 401 g/mol. The number of hydrogen-bond acceptors (Lipinski definition) is 3. The van der Waals surface area contributed by atoms with Crippen LogP contribution in [0.2, 0.25) is 10.0 Å². The Kier molecular flexibility index (Phi) is 5.99. The third kappa shape index (κ3) is 4.22. The van der Waals surface area contributed by atoms with E-state index in [0.29, 0.717) is 25.8 Å². The molecule has 0 amide bonds. The van der Waals surface area contributed by atoms with Gasteiger partial charge in [-0.25, -0.2) is 0 Å². The molecule has 0 aromatic heterocycles. The van der Waals surface area contributed by atoms with E-state index in [1.807, 2.05) is 0 Å². The van der Waals surface area contributed by atoms with Crippen LogP contribution in [0, 0.1) is 0 Å². The lowest BCUT2D eigenvalue weighted by Gasteiger charge is -2.00. The van der Waals surface area contributed by atoms with E-state index in [1.165, 1.54) is 18.2 Å². The number of ketones is 1. The van der Waals surface area contributed by atoms with Crippen LogP contribution in [-0.4, -0.2) is 12.8 Å². The summed E-state index contributed by atoms with van der Waals surface area (Å²) in [6.07, 6.45) is 2.79. The van der Waals surface area contributed by atoms with Crippen molar-refractivity contribution in [2.24, 2.45) is 0 Å². The summed E-state index contributed by atoms with van der Waals surface area (Å²) in [7, 11) is 1.62. The molecule has 0 aliphatic rings. The number of benzene rings is 1. The summed E-state index contributed by atoms with van der Waals surface area (Å²) in [6, 6.07) is 9.86. The molecule has 2 rings (SSSR count). The minimum absolute atomic E-state index is 0.0469. The van der Waals surface area contributed by atoms with Gasteiger partial charge in [0.1, 0.15) is 0 Å². The highest BCUT2D eigenvalue weighted by atomic mass is 79.9. The monoisotopic (exact) mass is 411 g/mol. The number of rotatable bonds is 4. The van der Waals surface area contributed by atoms with Crippen molar-refractivity contribution in [3.63, 3.8) is 0 Å². The van der Waals surface area contributed by atoms with Gasteiger partial charge in [0.2, 0.25) is 5.43 Å². The van der Waals surface area contributed by atoms with Crippen molar-refractivity contribution < 1.29 is 4.79 Å². The van der Waals surface area contributed by atoms with Crippen LogP contribution >= 0.6 is 39.1 Å². The Morgan fingerprint density at radius 1 is 1.17 bits per heavy atom. The Hall–Kier alpha value is -1.62. The number of carbonyl (C=O) groups is 1. The molecule has 0 spiro atoms. The Balaban J connectivity index is 2.47. The number of hydrogen-bond donors (Lipinski definition) is 1. The van der Waals surface area contributed by atoms with Crippen LogP contribution in [-0.2, 0) is 0 Å². The van der Waals surface area contributed by atoms with Gasteiger partial charge in [0.25, 0.3) is 0 Å². The van der Waals surface area contributed by atoms with Crippen molar-refractivity contribution in [2.75, 3.05) is 12.4 Å². The molecular formula is C17H12BrCl2NO2. The predicted molar refractivity (Wildman–Crippen MR) is 99.8 cm³/mol. The summed E-state index contributed by atoms with van der Waals surface area (Å²) in [5.41, 5.74) is 0.539. The number of nitrogens with one attached hydrogen (secondary N) is 1. The minimum Gasteiger partial charge on any atom is -0.385 e. The quantitative estimate of drug-likeness (QED) is 0.564. The van der Waals surface area contributed by atoms with E-state index < -0.39 is 5.78 Å². The maximum atomic E-state index is 12.4. The predicted octanol–water partition coefficient (Wildman–Crippen LogP) is 5.05. The molecule has 0 unspecified atom stereocenters. The molecule has 0 fully saturated rings. The molecule has 6 heteroatoms. The zero-order valence-electron chi connectivity index (χ0n) is 12.1. The maximum Gasteiger partial charge on any atom is 0.212 e. The molecule has 23 heavy (non-hydrogen) atoms. The lowest BCUT2D eigenvalue weighted by molar-refractivity contribution is 0.104. The first-order valence-corrected chi connectivity index (χ1v) is 8.17. The molecule has 0 aliphatic heterocycles. The van der Waals surface area contributed by atoms with Crippen molar-refractivity contribution in [1.29, 1.82) is 0 Å². The highest BCUT2D eigenvalue weighted by molar-refractivity contribution is 9.10. The van der Waals surface area contributed by atoms with E-state index in [4.69, 9.17) is 23.2 Å². The molecule has 1 N–H and O–H groups in total. The molecule has 3 nitrogen and oxygen atoms in total. The highest BCUT2D eigenvalue weighted by Gasteiger charge is 2.11. The summed E-state index contributed by atoms with van der Waals surface area (Å²) in [5.74, 6) is -0.431. The van der Waals surface area contributed by atoms with Gasteiger partial charge < -0.3 is 5.32 Å². The van der Waals surface area contributed by atoms with Crippen molar-refractivity contribution in [2.45, 2.75) is 0 Å². The van der Waals surface area contributed by atoms with Crippen LogP contribution in [0.3, 0.4) is 0 Å². The van der Waals surface area contributed by atoms with Gasteiger partial charge in [-0.05, 0) is 42.5 Å². The average molecular weight is 413 g/mol. The summed E-state index contributed by atoms with van der Waals surface area (Å²) >= 11 is 15.4. The third-order valence-corrected chi connectivity index (χ3v) is 4.27. The topological polar surface area (TPSA) is 46.2 Å².